The van der Waals surface area contributed by atoms with E-state index in [-0.39, 0.29) is 11.6 Å². The summed E-state index contributed by atoms with van der Waals surface area (Å²) in [6.45, 7) is 3.37. The fourth-order valence-corrected chi connectivity index (χ4v) is 1.87. The van der Waals surface area contributed by atoms with Crippen molar-refractivity contribution in [2.45, 2.75) is 13.8 Å². The minimum absolute atomic E-state index is 0.0244. The Hall–Kier alpha value is -1.70. The van der Waals surface area contributed by atoms with E-state index in [1.165, 1.54) is 19.1 Å². The molecule has 0 saturated carbocycles. The average molecular weight is 202 g/mol. The van der Waals surface area contributed by atoms with Crippen LogP contribution in [0.25, 0.3) is 10.8 Å². The summed E-state index contributed by atoms with van der Waals surface area (Å²) in [5, 5.41) is 1.59. The van der Waals surface area contributed by atoms with Gasteiger partial charge in [0.15, 0.2) is 5.78 Å². The summed E-state index contributed by atoms with van der Waals surface area (Å²) < 4.78 is 13.1. The number of fused-ring (bicyclic) bond motifs is 1. The summed E-state index contributed by atoms with van der Waals surface area (Å²) in [5.74, 6) is -0.334. The lowest BCUT2D eigenvalue weighted by molar-refractivity contribution is 0.101. The van der Waals surface area contributed by atoms with Gasteiger partial charge in [-0.05, 0) is 42.3 Å². The zero-order chi connectivity index (χ0) is 11.0. The number of hydrogen-bond acceptors (Lipinski definition) is 1. The third-order valence-corrected chi connectivity index (χ3v) is 2.54. The van der Waals surface area contributed by atoms with Gasteiger partial charge < -0.3 is 0 Å². The van der Waals surface area contributed by atoms with Gasteiger partial charge in [-0.15, -0.1) is 0 Å². The topological polar surface area (TPSA) is 17.1 Å². The maximum absolute atomic E-state index is 13.1. The van der Waals surface area contributed by atoms with Gasteiger partial charge >= 0.3 is 0 Å². The van der Waals surface area contributed by atoms with Gasteiger partial charge in [-0.25, -0.2) is 4.39 Å². The molecule has 0 N–H and O–H groups in total. The highest BCUT2D eigenvalue weighted by molar-refractivity contribution is 6.08. The molecule has 76 valence electrons. The molecule has 2 aromatic rings. The van der Waals surface area contributed by atoms with E-state index in [1.54, 1.807) is 6.07 Å². The second kappa shape index (κ2) is 3.46. The molecule has 0 atom stereocenters. The van der Waals surface area contributed by atoms with Crippen LogP contribution in [0.3, 0.4) is 0 Å². The molecule has 0 spiro atoms. The number of benzene rings is 2. The van der Waals surface area contributed by atoms with E-state index in [0.29, 0.717) is 10.9 Å². The fourth-order valence-electron chi connectivity index (χ4n) is 1.87. The zero-order valence-electron chi connectivity index (χ0n) is 8.67. The Labute approximate surface area is 87.5 Å². The van der Waals surface area contributed by atoms with Gasteiger partial charge in [-0.1, -0.05) is 18.2 Å². The van der Waals surface area contributed by atoms with Crippen molar-refractivity contribution in [2.75, 3.05) is 0 Å². The SMILES string of the molecule is CC(=O)c1c(C)ccc2ccc(F)cc12. The van der Waals surface area contributed by atoms with Crippen LogP contribution in [0.4, 0.5) is 4.39 Å². The second-order valence-corrected chi connectivity index (χ2v) is 3.68. The molecular weight excluding hydrogens is 191 g/mol. The normalized spacial score (nSPS) is 10.6. The van der Waals surface area contributed by atoms with E-state index in [4.69, 9.17) is 0 Å². The number of aryl methyl sites for hydroxylation is 1. The van der Waals surface area contributed by atoms with Crippen molar-refractivity contribution in [1.29, 1.82) is 0 Å². The molecule has 1 nitrogen and oxygen atoms in total. The molecule has 0 fully saturated rings. The molecule has 0 heterocycles. The number of ketones is 1. The predicted octanol–water partition coefficient (Wildman–Crippen LogP) is 3.49. The van der Waals surface area contributed by atoms with Crippen LogP contribution in [0.1, 0.15) is 22.8 Å². The van der Waals surface area contributed by atoms with Crippen molar-refractivity contribution >= 4 is 16.6 Å². The van der Waals surface area contributed by atoms with Crippen LogP contribution in [-0.4, -0.2) is 5.78 Å². The van der Waals surface area contributed by atoms with E-state index >= 15 is 0 Å². The highest BCUT2D eigenvalue weighted by Crippen LogP contribution is 2.23. The summed E-state index contributed by atoms with van der Waals surface area (Å²) >= 11 is 0. The van der Waals surface area contributed by atoms with Gasteiger partial charge in [0.1, 0.15) is 5.82 Å². The number of hydrogen-bond donors (Lipinski definition) is 0. The first-order chi connectivity index (χ1) is 7.09. The minimum Gasteiger partial charge on any atom is -0.294 e. The first-order valence-corrected chi connectivity index (χ1v) is 4.79. The number of carbonyl (C=O) groups is 1. The van der Waals surface area contributed by atoms with Crippen LogP contribution in [-0.2, 0) is 0 Å². The monoisotopic (exact) mass is 202 g/mol. The Morgan fingerprint density at radius 3 is 2.53 bits per heavy atom. The van der Waals surface area contributed by atoms with E-state index in [0.717, 1.165) is 10.9 Å². The number of rotatable bonds is 1. The lowest BCUT2D eigenvalue weighted by Crippen LogP contribution is -1.97. The molecular formula is C13H11FO. The van der Waals surface area contributed by atoms with Crippen LogP contribution in [0.15, 0.2) is 30.3 Å². The third-order valence-electron chi connectivity index (χ3n) is 2.54. The molecule has 0 unspecified atom stereocenters. The van der Waals surface area contributed by atoms with Crippen molar-refractivity contribution in [1.82, 2.24) is 0 Å². The Balaban J connectivity index is 2.90. The molecule has 0 saturated heterocycles. The minimum atomic E-state index is -0.310. The molecule has 0 bridgehead atoms. The maximum atomic E-state index is 13.1. The second-order valence-electron chi connectivity index (χ2n) is 3.68. The van der Waals surface area contributed by atoms with Gasteiger partial charge in [0.2, 0.25) is 0 Å². The molecule has 0 aromatic heterocycles. The molecule has 2 heteroatoms. The summed E-state index contributed by atoms with van der Waals surface area (Å²) in [7, 11) is 0. The number of halogens is 1. The highest BCUT2D eigenvalue weighted by atomic mass is 19.1. The Bertz CT molecular complexity index is 538. The van der Waals surface area contributed by atoms with Gasteiger partial charge in [-0.2, -0.15) is 0 Å². The molecule has 0 amide bonds. The molecule has 0 radical (unpaired) electrons. The average Bonchev–Trinajstić information content (AvgIpc) is 2.16. The Morgan fingerprint density at radius 1 is 1.20 bits per heavy atom. The van der Waals surface area contributed by atoms with Crippen LogP contribution in [0.5, 0.6) is 0 Å². The molecule has 0 aliphatic heterocycles. The van der Waals surface area contributed by atoms with E-state index in [9.17, 15) is 9.18 Å². The summed E-state index contributed by atoms with van der Waals surface area (Å²) in [5.41, 5.74) is 1.51. The Morgan fingerprint density at radius 2 is 1.87 bits per heavy atom. The summed E-state index contributed by atoms with van der Waals surface area (Å²) in [6.07, 6.45) is 0. The van der Waals surface area contributed by atoms with Crippen LogP contribution in [0, 0.1) is 12.7 Å². The molecule has 2 rings (SSSR count). The van der Waals surface area contributed by atoms with Crippen LogP contribution >= 0.6 is 0 Å². The van der Waals surface area contributed by atoms with E-state index in [1.807, 2.05) is 19.1 Å². The fraction of sp³-hybridized carbons (Fsp3) is 0.154. The van der Waals surface area contributed by atoms with Crippen LogP contribution < -0.4 is 0 Å². The first-order valence-electron chi connectivity index (χ1n) is 4.79. The van der Waals surface area contributed by atoms with Crippen molar-refractivity contribution < 1.29 is 9.18 Å². The van der Waals surface area contributed by atoms with Gasteiger partial charge in [0.05, 0.1) is 0 Å². The lowest BCUT2D eigenvalue weighted by Gasteiger charge is -2.07. The predicted molar refractivity (Wildman–Crippen MR) is 58.6 cm³/mol. The highest BCUT2D eigenvalue weighted by Gasteiger charge is 2.09. The third kappa shape index (κ3) is 1.63. The largest absolute Gasteiger partial charge is 0.294 e. The maximum Gasteiger partial charge on any atom is 0.160 e. The standard InChI is InChI=1S/C13H11FO/c1-8-3-4-10-5-6-11(14)7-12(10)13(8)9(2)15/h3-7H,1-2H3. The van der Waals surface area contributed by atoms with Crippen molar-refractivity contribution in [3.8, 4) is 0 Å². The number of carbonyl (C=O) groups excluding carboxylic acids is 1. The van der Waals surface area contributed by atoms with Gasteiger partial charge in [-0.3, -0.25) is 4.79 Å². The smallest absolute Gasteiger partial charge is 0.160 e. The lowest BCUT2D eigenvalue weighted by atomic mass is 9.97. The zero-order valence-corrected chi connectivity index (χ0v) is 8.67. The van der Waals surface area contributed by atoms with Crippen molar-refractivity contribution in [3.63, 3.8) is 0 Å². The van der Waals surface area contributed by atoms with Crippen molar-refractivity contribution in [3.05, 3.63) is 47.3 Å². The molecule has 15 heavy (non-hydrogen) atoms. The van der Waals surface area contributed by atoms with Crippen molar-refractivity contribution in [2.24, 2.45) is 0 Å². The quantitative estimate of drug-likeness (QED) is 0.647. The Kier molecular flexibility index (Phi) is 2.27. The summed E-state index contributed by atoms with van der Waals surface area (Å²) in [4.78, 5) is 11.5. The van der Waals surface area contributed by atoms with Crippen LogP contribution in [0.2, 0.25) is 0 Å². The molecule has 0 aliphatic rings. The molecule has 0 aliphatic carbocycles. The summed E-state index contributed by atoms with van der Waals surface area (Å²) in [6, 6.07) is 8.30. The van der Waals surface area contributed by atoms with E-state index in [2.05, 4.69) is 0 Å². The van der Waals surface area contributed by atoms with Gasteiger partial charge in [0, 0.05) is 5.56 Å². The first kappa shape index (κ1) is 9.84. The van der Waals surface area contributed by atoms with Gasteiger partial charge in [0.25, 0.3) is 0 Å². The number of Topliss-reactive ketones (excluding diaryl/α,β-unsaturated/α-hetero) is 1. The van der Waals surface area contributed by atoms with E-state index < -0.39 is 0 Å². The molecule has 2 aromatic carbocycles.